The quantitative estimate of drug-likeness (QED) is 0.322. The molecule has 2 aromatic heterocycles. The number of carbonyl (C=O) groups is 1. The van der Waals surface area contributed by atoms with Crippen molar-refractivity contribution >= 4 is 39.8 Å². The van der Waals surface area contributed by atoms with E-state index >= 15 is 0 Å². The first kappa shape index (κ1) is 22.7. The Kier molecular flexibility index (Phi) is 6.17. The molecule has 2 aliphatic heterocycles. The standard InChI is InChI=1S/C24H27N3O4S2/c1-14-25-19-5-4-17(30-3)8-18(19)23(26-14)32-13-20(28)21-6-7-22(33-21)24(29)9-15-11-31-12-16(10-24)27(15)2/h4-8,15-16,29H,9-13H2,1-3H3/t15-,16+,24?. The van der Waals surface area contributed by atoms with Crippen LogP contribution in [0.2, 0.25) is 0 Å². The van der Waals surface area contributed by atoms with Gasteiger partial charge in [-0.2, -0.15) is 0 Å². The predicted molar refractivity (Wildman–Crippen MR) is 129 cm³/mol. The third kappa shape index (κ3) is 4.40. The van der Waals surface area contributed by atoms with Crippen molar-refractivity contribution in [1.29, 1.82) is 0 Å². The van der Waals surface area contributed by atoms with E-state index in [0.717, 1.165) is 26.6 Å². The highest BCUT2D eigenvalue weighted by Crippen LogP contribution is 2.43. The van der Waals surface area contributed by atoms with E-state index in [9.17, 15) is 9.90 Å². The van der Waals surface area contributed by atoms with Crippen LogP contribution in [0, 0.1) is 6.92 Å². The molecule has 33 heavy (non-hydrogen) atoms. The van der Waals surface area contributed by atoms with Gasteiger partial charge in [0.25, 0.3) is 0 Å². The Balaban J connectivity index is 1.32. The van der Waals surface area contributed by atoms with E-state index in [1.54, 1.807) is 7.11 Å². The number of carbonyl (C=O) groups excluding carboxylic acids is 1. The molecule has 174 valence electrons. The molecule has 2 fully saturated rings. The van der Waals surface area contributed by atoms with E-state index in [0.29, 0.717) is 36.8 Å². The van der Waals surface area contributed by atoms with Crippen LogP contribution in [0.15, 0.2) is 35.4 Å². The summed E-state index contributed by atoms with van der Waals surface area (Å²) in [5.41, 5.74) is -0.0750. The van der Waals surface area contributed by atoms with Crippen molar-refractivity contribution in [3.8, 4) is 5.75 Å². The number of rotatable bonds is 6. The zero-order chi connectivity index (χ0) is 23.2. The summed E-state index contributed by atoms with van der Waals surface area (Å²) in [6.45, 7) is 3.13. The van der Waals surface area contributed by atoms with Crippen LogP contribution in [0.4, 0.5) is 0 Å². The van der Waals surface area contributed by atoms with Gasteiger partial charge in [-0.1, -0.05) is 11.8 Å². The van der Waals surface area contributed by atoms with Gasteiger partial charge in [0.1, 0.15) is 22.2 Å². The molecular weight excluding hydrogens is 458 g/mol. The number of thiophene rings is 1. The smallest absolute Gasteiger partial charge is 0.183 e. The largest absolute Gasteiger partial charge is 0.497 e. The fourth-order valence-electron chi connectivity index (χ4n) is 4.71. The van der Waals surface area contributed by atoms with Gasteiger partial charge in [0, 0.05) is 22.3 Å². The third-order valence-electron chi connectivity index (χ3n) is 6.58. The molecule has 2 aliphatic rings. The lowest BCUT2D eigenvalue weighted by Gasteiger charge is -2.49. The first-order valence-corrected chi connectivity index (χ1v) is 12.8. The van der Waals surface area contributed by atoms with E-state index in [4.69, 9.17) is 9.47 Å². The van der Waals surface area contributed by atoms with Crippen LogP contribution in [0.25, 0.3) is 10.9 Å². The Morgan fingerprint density at radius 1 is 1.27 bits per heavy atom. The number of thioether (sulfide) groups is 1. The van der Waals surface area contributed by atoms with Crippen LogP contribution in [0.5, 0.6) is 5.75 Å². The minimum Gasteiger partial charge on any atom is -0.497 e. The van der Waals surface area contributed by atoms with Gasteiger partial charge in [0.2, 0.25) is 0 Å². The minimum absolute atomic E-state index is 0.0311. The van der Waals surface area contributed by atoms with Crippen LogP contribution < -0.4 is 4.74 Å². The van der Waals surface area contributed by atoms with Crippen molar-refractivity contribution in [3.05, 3.63) is 45.9 Å². The number of aromatic nitrogens is 2. The Hall–Kier alpha value is -2.04. The van der Waals surface area contributed by atoms with Crippen LogP contribution in [-0.4, -0.2) is 71.0 Å². The van der Waals surface area contributed by atoms with Crippen molar-refractivity contribution in [2.45, 2.75) is 42.5 Å². The molecule has 4 heterocycles. The molecule has 1 unspecified atom stereocenters. The zero-order valence-electron chi connectivity index (χ0n) is 18.9. The Bertz CT molecular complexity index is 1180. The maximum atomic E-state index is 13.0. The second kappa shape index (κ2) is 8.96. The number of hydrogen-bond acceptors (Lipinski definition) is 9. The normalized spacial score (nSPS) is 25.3. The van der Waals surface area contributed by atoms with E-state index in [-0.39, 0.29) is 23.6 Å². The summed E-state index contributed by atoms with van der Waals surface area (Å²) in [5, 5.41) is 13.1. The van der Waals surface area contributed by atoms with Gasteiger partial charge in [-0.15, -0.1) is 11.3 Å². The summed E-state index contributed by atoms with van der Waals surface area (Å²) in [6, 6.07) is 9.84. The Morgan fingerprint density at radius 2 is 2.03 bits per heavy atom. The first-order valence-electron chi connectivity index (χ1n) is 11.0. The molecule has 3 atom stereocenters. The van der Waals surface area contributed by atoms with Gasteiger partial charge in [-0.3, -0.25) is 9.69 Å². The lowest BCUT2D eigenvalue weighted by molar-refractivity contribution is -0.136. The van der Waals surface area contributed by atoms with Crippen LogP contribution >= 0.6 is 23.1 Å². The van der Waals surface area contributed by atoms with Gasteiger partial charge in [-0.05, 0) is 57.1 Å². The number of morpholine rings is 1. The van der Waals surface area contributed by atoms with E-state index < -0.39 is 5.60 Å². The second-order valence-corrected chi connectivity index (χ2v) is 10.8. The second-order valence-electron chi connectivity index (χ2n) is 8.79. The van der Waals surface area contributed by atoms with Gasteiger partial charge in [0.15, 0.2) is 5.78 Å². The molecule has 2 saturated heterocycles. The monoisotopic (exact) mass is 485 g/mol. The number of fused-ring (bicyclic) bond motifs is 3. The van der Waals surface area contributed by atoms with Crippen molar-refractivity contribution in [3.63, 3.8) is 0 Å². The number of ether oxygens (including phenoxy) is 2. The number of methoxy groups -OCH3 is 1. The number of aryl methyl sites for hydroxylation is 1. The summed E-state index contributed by atoms with van der Waals surface area (Å²) in [4.78, 5) is 25.9. The van der Waals surface area contributed by atoms with Crippen molar-refractivity contribution in [1.82, 2.24) is 14.9 Å². The number of hydrogen-bond donors (Lipinski definition) is 1. The number of likely N-dealkylation sites (N-methyl/N-ethyl adjacent to an activating group) is 1. The molecular formula is C24H27N3O4S2. The van der Waals surface area contributed by atoms with Crippen LogP contribution in [0.1, 0.15) is 33.2 Å². The average molecular weight is 486 g/mol. The van der Waals surface area contributed by atoms with Crippen molar-refractivity contribution in [2.75, 3.05) is 33.1 Å². The highest BCUT2D eigenvalue weighted by Gasteiger charge is 2.46. The molecule has 1 aromatic carbocycles. The zero-order valence-corrected chi connectivity index (χ0v) is 20.5. The molecule has 3 aromatic rings. The average Bonchev–Trinajstić information content (AvgIpc) is 3.29. The lowest BCUT2D eigenvalue weighted by Crippen LogP contribution is -2.59. The molecule has 0 spiro atoms. The molecule has 0 radical (unpaired) electrons. The summed E-state index contributed by atoms with van der Waals surface area (Å²) in [5.74, 6) is 1.69. The van der Waals surface area contributed by atoms with Gasteiger partial charge in [0.05, 0.1) is 36.5 Å². The van der Waals surface area contributed by atoms with Crippen LogP contribution in [-0.2, 0) is 10.3 Å². The van der Waals surface area contributed by atoms with Crippen LogP contribution in [0.3, 0.4) is 0 Å². The summed E-state index contributed by atoms with van der Waals surface area (Å²) in [7, 11) is 3.73. The SMILES string of the molecule is COc1ccc2nc(C)nc(SCC(=O)c3ccc(C4(O)C[C@H]5COC[C@@H](C4)N5C)s3)c2c1. The maximum Gasteiger partial charge on any atom is 0.183 e. The first-order chi connectivity index (χ1) is 15.9. The molecule has 7 nitrogen and oxygen atoms in total. The summed E-state index contributed by atoms with van der Waals surface area (Å²) < 4.78 is 11.0. The highest BCUT2D eigenvalue weighted by molar-refractivity contribution is 8.00. The van der Waals surface area contributed by atoms with E-state index in [2.05, 4.69) is 21.9 Å². The number of Topliss-reactive ketones (excluding diaryl/α,β-unsaturated/α-hetero) is 1. The van der Waals surface area contributed by atoms with Gasteiger partial charge >= 0.3 is 0 Å². The van der Waals surface area contributed by atoms with Gasteiger partial charge in [-0.25, -0.2) is 9.97 Å². The third-order valence-corrected chi connectivity index (χ3v) is 8.89. The van der Waals surface area contributed by atoms with E-state index in [1.807, 2.05) is 37.3 Å². The number of benzene rings is 1. The maximum absolute atomic E-state index is 13.0. The molecule has 1 N–H and O–H groups in total. The minimum atomic E-state index is -0.904. The number of nitrogens with zero attached hydrogens (tertiary/aromatic N) is 3. The Labute approximate surface area is 201 Å². The summed E-state index contributed by atoms with van der Waals surface area (Å²) >= 11 is 2.82. The van der Waals surface area contributed by atoms with Crippen molar-refractivity contribution < 1.29 is 19.4 Å². The molecule has 9 heteroatoms. The fourth-order valence-corrected chi connectivity index (χ4v) is 6.80. The topological polar surface area (TPSA) is 84.8 Å². The van der Waals surface area contributed by atoms with E-state index in [1.165, 1.54) is 23.1 Å². The lowest BCUT2D eigenvalue weighted by atomic mass is 9.80. The van der Waals surface area contributed by atoms with Crippen molar-refractivity contribution in [2.24, 2.45) is 0 Å². The molecule has 5 rings (SSSR count). The number of piperidine rings is 1. The Morgan fingerprint density at radius 3 is 2.76 bits per heavy atom. The molecule has 0 saturated carbocycles. The molecule has 0 aliphatic carbocycles. The number of aliphatic hydroxyl groups is 1. The fraction of sp³-hybridized carbons (Fsp3) is 0.458. The highest BCUT2D eigenvalue weighted by atomic mass is 32.2. The number of ketones is 1. The molecule has 0 amide bonds. The van der Waals surface area contributed by atoms with Gasteiger partial charge < -0.3 is 14.6 Å². The molecule has 2 bridgehead atoms. The predicted octanol–water partition coefficient (Wildman–Crippen LogP) is 3.66. The summed E-state index contributed by atoms with van der Waals surface area (Å²) in [6.07, 6.45) is 1.24.